The number of aliphatic hydroxyl groups is 3. The van der Waals surface area contributed by atoms with E-state index in [1.165, 1.54) is 0 Å². The van der Waals surface area contributed by atoms with Gasteiger partial charge >= 0.3 is 5.97 Å². The Morgan fingerprint density at radius 1 is 1.22 bits per heavy atom. The number of carbonyl (C=O) groups is 2. The van der Waals surface area contributed by atoms with Crippen LogP contribution in [-0.4, -0.2) is 51.1 Å². The third kappa shape index (κ3) is 5.03. The van der Waals surface area contributed by atoms with Gasteiger partial charge in [-0.25, -0.2) is 0 Å². The number of aliphatic hydroxyl groups excluding tert-OH is 1. The third-order valence-corrected chi connectivity index (χ3v) is 9.01. The molecule has 2 fully saturated rings. The molecule has 2 saturated carbocycles. The zero-order chi connectivity index (χ0) is 27.1. The summed E-state index contributed by atoms with van der Waals surface area (Å²) < 4.78 is 5.97. The van der Waals surface area contributed by atoms with Gasteiger partial charge in [-0.15, -0.1) is 6.58 Å². The van der Waals surface area contributed by atoms with Crippen LogP contribution in [0, 0.1) is 34.5 Å². The van der Waals surface area contributed by atoms with Gasteiger partial charge in [-0.1, -0.05) is 71.0 Å². The Morgan fingerprint density at radius 2 is 1.83 bits per heavy atom. The van der Waals surface area contributed by atoms with Crippen molar-refractivity contribution in [1.82, 2.24) is 0 Å². The Hall–Kier alpha value is -2.06. The van der Waals surface area contributed by atoms with Crippen molar-refractivity contribution < 1.29 is 29.6 Å². The minimum atomic E-state index is -2.47. The fourth-order valence-electron chi connectivity index (χ4n) is 6.93. The number of hydrogen-bond acceptors (Lipinski definition) is 7. The van der Waals surface area contributed by atoms with Crippen molar-refractivity contribution in [2.24, 2.45) is 40.2 Å². The number of allylic oxidation sites excluding steroid dienone is 1. The van der Waals surface area contributed by atoms with Gasteiger partial charge in [-0.05, 0) is 42.1 Å². The van der Waals surface area contributed by atoms with Crippen molar-refractivity contribution in [2.45, 2.75) is 84.3 Å². The number of rotatable bonds is 8. The van der Waals surface area contributed by atoms with Gasteiger partial charge in [0.15, 0.2) is 5.79 Å². The number of nitrogens with two attached hydrogens (primary N) is 1. The lowest BCUT2D eigenvalue weighted by Crippen LogP contribution is -2.72. The van der Waals surface area contributed by atoms with Crippen LogP contribution in [0.15, 0.2) is 43.0 Å². The van der Waals surface area contributed by atoms with Gasteiger partial charge < -0.3 is 25.8 Å². The second kappa shape index (κ2) is 10.4. The van der Waals surface area contributed by atoms with Crippen molar-refractivity contribution in [1.29, 1.82) is 0 Å². The molecule has 7 nitrogen and oxygen atoms in total. The first-order valence-corrected chi connectivity index (χ1v) is 12.9. The van der Waals surface area contributed by atoms with Crippen LogP contribution in [0.4, 0.5) is 0 Å². The molecule has 36 heavy (non-hydrogen) atoms. The number of fused-ring (bicyclic) bond motifs is 1. The maximum Gasteiger partial charge on any atom is 0.323 e. The molecule has 2 aliphatic rings. The van der Waals surface area contributed by atoms with Gasteiger partial charge in [0.1, 0.15) is 24.0 Å². The molecule has 200 valence electrons. The summed E-state index contributed by atoms with van der Waals surface area (Å²) in [5.74, 6) is -5.06. The first-order valence-electron chi connectivity index (χ1n) is 12.9. The van der Waals surface area contributed by atoms with E-state index < -0.39 is 58.6 Å². The van der Waals surface area contributed by atoms with Crippen LogP contribution in [0.3, 0.4) is 0 Å². The molecule has 0 bridgehead atoms. The minimum absolute atomic E-state index is 0.109. The third-order valence-electron chi connectivity index (χ3n) is 9.01. The molecule has 0 aliphatic heterocycles. The molecule has 0 saturated heterocycles. The van der Waals surface area contributed by atoms with Crippen LogP contribution in [0.25, 0.3) is 0 Å². The van der Waals surface area contributed by atoms with Gasteiger partial charge in [-0.3, -0.25) is 9.59 Å². The van der Waals surface area contributed by atoms with E-state index in [-0.39, 0.29) is 24.5 Å². The average Bonchev–Trinajstić information content (AvgIpc) is 2.79. The summed E-state index contributed by atoms with van der Waals surface area (Å²) >= 11 is 0. The highest BCUT2D eigenvalue weighted by Crippen LogP contribution is 2.64. The highest BCUT2D eigenvalue weighted by molar-refractivity contribution is 5.83. The Labute approximate surface area is 214 Å². The van der Waals surface area contributed by atoms with E-state index in [9.17, 15) is 24.9 Å². The molecule has 0 spiro atoms. The zero-order valence-electron chi connectivity index (χ0n) is 22.2. The normalized spacial score (nSPS) is 34.6. The van der Waals surface area contributed by atoms with E-state index in [1.54, 1.807) is 13.0 Å². The molecule has 2 aliphatic carbocycles. The molecular weight excluding hydrogens is 458 g/mol. The van der Waals surface area contributed by atoms with Crippen molar-refractivity contribution in [3.05, 3.63) is 48.6 Å². The molecule has 7 heteroatoms. The molecule has 2 unspecified atom stereocenters. The van der Waals surface area contributed by atoms with E-state index in [4.69, 9.17) is 10.5 Å². The molecule has 8 atom stereocenters. The van der Waals surface area contributed by atoms with Crippen molar-refractivity contribution in [3.63, 3.8) is 0 Å². The van der Waals surface area contributed by atoms with Crippen LogP contribution >= 0.6 is 0 Å². The second-order valence-electron chi connectivity index (χ2n) is 12.0. The first-order chi connectivity index (χ1) is 16.7. The first kappa shape index (κ1) is 28.5. The summed E-state index contributed by atoms with van der Waals surface area (Å²) in [7, 11) is 0. The van der Waals surface area contributed by atoms with Crippen LogP contribution < -0.4 is 5.73 Å². The maximum atomic E-state index is 13.7. The summed E-state index contributed by atoms with van der Waals surface area (Å²) in [6.45, 7) is 13.1. The number of carbonyl (C=O) groups excluding carboxylic acids is 2. The predicted molar refractivity (Wildman–Crippen MR) is 137 cm³/mol. The van der Waals surface area contributed by atoms with Gasteiger partial charge in [0.25, 0.3) is 0 Å². The summed E-state index contributed by atoms with van der Waals surface area (Å²) in [6, 6.07) is 8.59. The van der Waals surface area contributed by atoms with Crippen LogP contribution in [0.2, 0.25) is 0 Å². The summed E-state index contributed by atoms with van der Waals surface area (Å²) in [5, 5.41) is 33.4. The molecule has 0 amide bonds. The van der Waals surface area contributed by atoms with Crippen molar-refractivity contribution in [3.8, 4) is 0 Å². The fraction of sp³-hybridized carbons (Fsp3) is 0.655. The molecule has 0 radical (unpaired) electrons. The zero-order valence-corrected chi connectivity index (χ0v) is 22.2. The lowest BCUT2D eigenvalue weighted by molar-refractivity contribution is -0.362. The average molecular weight is 502 g/mol. The number of Topliss-reactive ketones (excluding diaryl/α,β-unsaturated/α-hetero) is 1. The Bertz CT molecular complexity index is 960. The number of ether oxygens (including phenoxy) is 1. The lowest BCUT2D eigenvalue weighted by Gasteiger charge is -2.65. The standard InChI is InChI=1S/C29H43NO6/c1-7-17(2)13-21(31)25-18(3)22(36-26(33)20(30)14-19-11-9-8-10-12-19)15-23-27(4,5)16-24(32)29(34,35)28(23,25)6/h7-12,17-18,20,22-25,32,34-35H,1,13-16,30H2,2-6H3/t17-,18+,20?,22+,23+,24?,25-,28+/m1/s1. The van der Waals surface area contributed by atoms with E-state index in [0.717, 1.165) is 5.56 Å². The van der Waals surface area contributed by atoms with E-state index in [2.05, 4.69) is 6.58 Å². The number of esters is 1. The number of benzene rings is 1. The summed E-state index contributed by atoms with van der Waals surface area (Å²) in [4.78, 5) is 26.8. The number of hydrogen-bond donors (Lipinski definition) is 4. The highest BCUT2D eigenvalue weighted by atomic mass is 16.5. The van der Waals surface area contributed by atoms with Crippen molar-refractivity contribution in [2.75, 3.05) is 0 Å². The van der Waals surface area contributed by atoms with Gasteiger partial charge in [0.2, 0.25) is 0 Å². The highest BCUT2D eigenvalue weighted by Gasteiger charge is 2.70. The van der Waals surface area contributed by atoms with E-state index >= 15 is 0 Å². The molecule has 1 aromatic rings. The van der Waals surface area contributed by atoms with E-state index in [0.29, 0.717) is 12.8 Å². The smallest absolute Gasteiger partial charge is 0.323 e. The fourth-order valence-corrected chi connectivity index (χ4v) is 6.93. The molecule has 3 rings (SSSR count). The molecule has 1 aromatic carbocycles. The minimum Gasteiger partial charge on any atom is -0.461 e. The molecule has 0 heterocycles. The van der Waals surface area contributed by atoms with Crippen LogP contribution in [-0.2, 0) is 20.7 Å². The van der Waals surface area contributed by atoms with Gasteiger partial charge in [0.05, 0.1) is 0 Å². The SMILES string of the molecule is C=C[C@@H](C)CC(=O)[C@H]1[C@@H](C)[C@@H](OC(=O)C(N)Cc2ccccc2)C[C@H]2C(C)(C)CC(O)C(O)(O)[C@]12C. The Balaban J connectivity index is 1.95. The number of ketones is 1. The van der Waals surface area contributed by atoms with Gasteiger partial charge in [-0.2, -0.15) is 0 Å². The van der Waals surface area contributed by atoms with Crippen molar-refractivity contribution >= 4 is 11.8 Å². The second-order valence-corrected chi connectivity index (χ2v) is 12.0. The van der Waals surface area contributed by atoms with Crippen LogP contribution in [0.5, 0.6) is 0 Å². The largest absolute Gasteiger partial charge is 0.461 e. The Kier molecular flexibility index (Phi) is 8.21. The topological polar surface area (TPSA) is 130 Å². The summed E-state index contributed by atoms with van der Waals surface area (Å²) in [6.07, 6.45) is 0.632. The van der Waals surface area contributed by atoms with Gasteiger partial charge in [0, 0.05) is 23.7 Å². The monoisotopic (exact) mass is 501 g/mol. The molecule has 0 aromatic heterocycles. The summed E-state index contributed by atoms with van der Waals surface area (Å²) in [5.41, 5.74) is 5.23. The van der Waals surface area contributed by atoms with Crippen LogP contribution in [0.1, 0.15) is 59.4 Å². The lowest BCUT2D eigenvalue weighted by atomic mass is 9.42. The maximum absolute atomic E-state index is 13.7. The molecule has 5 N–H and O–H groups in total. The quantitative estimate of drug-likeness (QED) is 0.245. The Morgan fingerprint density at radius 3 is 2.42 bits per heavy atom. The van der Waals surface area contributed by atoms with E-state index in [1.807, 2.05) is 58.0 Å². The molecular formula is C29H43NO6. The predicted octanol–water partition coefficient (Wildman–Crippen LogP) is 3.00.